The number of allylic oxidation sites excluding steroid dienone is 1. The lowest BCUT2D eigenvalue weighted by atomic mass is 9.72. The van der Waals surface area contributed by atoms with Crippen LogP contribution in [0.2, 0.25) is 0 Å². The van der Waals surface area contributed by atoms with Gasteiger partial charge in [-0.1, -0.05) is 67.2 Å². The maximum absolute atomic E-state index is 14.3. The van der Waals surface area contributed by atoms with Crippen LogP contribution in [-0.4, -0.2) is 87.6 Å². The average Bonchev–Trinajstić information content (AvgIpc) is 3.16. The van der Waals surface area contributed by atoms with Crippen molar-refractivity contribution in [2.75, 3.05) is 0 Å². The number of carbonyl (C=O) groups is 6. The van der Waals surface area contributed by atoms with Crippen LogP contribution >= 0.6 is 0 Å². The summed E-state index contributed by atoms with van der Waals surface area (Å²) in [4.78, 5) is 78.4. The Morgan fingerprint density at radius 3 is 1.94 bits per heavy atom. The van der Waals surface area contributed by atoms with E-state index in [2.05, 4.69) is 6.58 Å². The molecule has 2 aliphatic carbocycles. The molecule has 0 aliphatic heterocycles. The number of fused-ring (bicyclic) bond motifs is 1. The molecule has 13 nitrogen and oxygen atoms in total. The molecule has 0 radical (unpaired) electrons. The van der Waals surface area contributed by atoms with Gasteiger partial charge in [-0.15, -0.1) is 0 Å². The molecule has 1 fully saturated rings. The normalized spacial score (nSPS) is 34.8. The zero-order valence-corrected chi connectivity index (χ0v) is 29.9. The Morgan fingerprint density at radius 2 is 1.46 bits per heavy atom. The van der Waals surface area contributed by atoms with Gasteiger partial charge in [0.15, 0.2) is 24.1 Å². The Balaban J connectivity index is 3.12. The molecule has 13 heteroatoms. The lowest BCUT2D eigenvalue weighted by molar-refractivity contribution is -0.193. The van der Waals surface area contributed by atoms with Gasteiger partial charge in [0, 0.05) is 44.1 Å². The van der Waals surface area contributed by atoms with Crippen molar-refractivity contribution >= 4 is 35.6 Å². The predicted molar refractivity (Wildman–Crippen MR) is 171 cm³/mol. The molecule has 0 aromatic rings. The fourth-order valence-corrected chi connectivity index (χ4v) is 6.32. The number of carbonyl (C=O) groups excluding carboxylic acids is 6. The molecule has 1 saturated carbocycles. The highest BCUT2D eigenvalue weighted by molar-refractivity contribution is 5.92. The molecule has 2 rings (SSSR count). The standard InChI is InChI=1S/C35H52O13/c1-13-18(4)32(42)46-25-20(6)26(47-31(41)17(2)3)27(44-21(7)36)30(45-22(8)37)33(10,11)15-14-19(5)28(39)35(43)16-34(12,48-23(9)38)29(40)24(25)35/h14-15,17-19,24-27,29-30,40,43H,6,13,16H2,1-5,7-12H3/b15-14+/t18-,19-,24-,25-,26-,27+,29+,30+,34+,35+/m0/s1. The van der Waals surface area contributed by atoms with Crippen LogP contribution in [0.3, 0.4) is 0 Å². The first kappa shape index (κ1) is 40.6. The lowest BCUT2D eigenvalue weighted by Crippen LogP contribution is -2.58. The number of aliphatic hydroxyl groups excluding tert-OH is 1. The molecular weight excluding hydrogens is 628 g/mol. The second kappa shape index (κ2) is 15.3. The topological polar surface area (TPSA) is 189 Å². The molecule has 0 aromatic heterocycles. The summed E-state index contributed by atoms with van der Waals surface area (Å²) in [6.45, 7) is 19.9. The van der Waals surface area contributed by atoms with Gasteiger partial charge in [-0.2, -0.15) is 0 Å². The van der Waals surface area contributed by atoms with Crippen LogP contribution in [0.15, 0.2) is 24.3 Å². The van der Waals surface area contributed by atoms with Crippen molar-refractivity contribution in [1.29, 1.82) is 0 Å². The lowest BCUT2D eigenvalue weighted by Gasteiger charge is -2.43. The minimum atomic E-state index is -2.50. The Morgan fingerprint density at radius 1 is 0.917 bits per heavy atom. The van der Waals surface area contributed by atoms with Gasteiger partial charge in [0.25, 0.3) is 0 Å². The van der Waals surface area contributed by atoms with Gasteiger partial charge in [0.05, 0.1) is 17.8 Å². The Labute approximate surface area is 282 Å². The van der Waals surface area contributed by atoms with E-state index in [1.807, 2.05) is 0 Å². The first-order valence-electron chi connectivity index (χ1n) is 16.2. The molecule has 270 valence electrons. The molecule has 0 amide bonds. The van der Waals surface area contributed by atoms with E-state index in [0.29, 0.717) is 6.42 Å². The van der Waals surface area contributed by atoms with Gasteiger partial charge in [-0.25, -0.2) is 0 Å². The molecule has 10 atom stereocenters. The van der Waals surface area contributed by atoms with Gasteiger partial charge in [0.2, 0.25) is 0 Å². The van der Waals surface area contributed by atoms with Crippen LogP contribution in [0.5, 0.6) is 0 Å². The summed E-state index contributed by atoms with van der Waals surface area (Å²) in [5.41, 5.74) is -5.88. The molecule has 0 aromatic carbocycles. The summed E-state index contributed by atoms with van der Waals surface area (Å²) in [5.74, 6) is -9.07. The summed E-state index contributed by atoms with van der Waals surface area (Å²) < 4.78 is 28.9. The summed E-state index contributed by atoms with van der Waals surface area (Å²) in [6, 6.07) is 0. The fourth-order valence-electron chi connectivity index (χ4n) is 6.32. The van der Waals surface area contributed by atoms with E-state index >= 15 is 0 Å². The van der Waals surface area contributed by atoms with Crippen LogP contribution in [-0.2, 0) is 52.5 Å². The first-order valence-corrected chi connectivity index (χ1v) is 16.2. The van der Waals surface area contributed by atoms with E-state index in [1.54, 1.807) is 47.6 Å². The zero-order chi connectivity index (χ0) is 37.1. The van der Waals surface area contributed by atoms with Crippen LogP contribution in [0.25, 0.3) is 0 Å². The van der Waals surface area contributed by atoms with Crippen molar-refractivity contribution in [3.05, 3.63) is 24.3 Å². The number of esters is 5. The van der Waals surface area contributed by atoms with E-state index in [-0.39, 0.29) is 5.57 Å². The smallest absolute Gasteiger partial charge is 0.309 e. The summed E-state index contributed by atoms with van der Waals surface area (Å²) in [5, 5.41) is 24.3. The third-order valence-corrected chi connectivity index (χ3v) is 9.12. The second-order valence-electron chi connectivity index (χ2n) is 14.2. The fraction of sp³-hybridized carbons (Fsp3) is 0.714. The SMILES string of the molecule is C=C1[C@H](OC(=O)C(C)C)[C@@H](OC(C)=O)[C@@H](OC(C)=O)C(C)(C)/C=C/[C@H](C)C(=O)[C@@]2(O)C[C@@](C)(OC(C)=O)[C@H](O)[C@@H]2[C@H]1OC(=O)[C@@H](C)CC. The number of Topliss-reactive ketones (excluding diaryl/α,β-unsaturated/α-hetero) is 1. The molecule has 0 saturated heterocycles. The monoisotopic (exact) mass is 680 g/mol. The van der Waals surface area contributed by atoms with Crippen molar-refractivity contribution in [1.82, 2.24) is 0 Å². The number of ketones is 1. The number of rotatable bonds is 8. The third kappa shape index (κ3) is 8.71. The molecule has 0 spiro atoms. The molecule has 48 heavy (non-hydrogen) atoms. The van der Waals surface area contributed by atoms with Gasteiger partial charge < -0.3 is 33.9 Å². The van der Waals surface area contributed by atoms with E-state index < -0.39 is 113 Å². The highest BCUT2D eigenvalue weighted by Gasteiger charge is 2.68. The Hall–Kier alpha value is -3.58. The quantitative estimate of drug-likeness (QED) is 0.216. The molecule has 0 bridgehead atoms. The van der Waals surface area contributed by atoms with Gasteiger partial charge >= 0.3 is 29.8 Å². The minimum absolute atomic E-state index is 0.292. The summed E-state index contributed by atoms with van der Waals surface area (Å²) >= 11 is 0. The molecule has 0 unspecified atom stereocenters. The van der Waals surface area contributed by atoms with E-state index in [9.17, 15) is 39.0 Å². The highest BCUT2D eigenvalue weighted by atomic mass is 16.6. The van der Waals surface area contributed by atoms with Crippen molar-refractivity contribution in [3.63, 3.8) is 0 Å². The van der Waals surface area contributed by atoms with Crippen LogP contribution in [0, 0.1) is 29.1 Å². The van der Waals surface area contributed by atoms with Gasteiger partial charge in [-0.3, -0.25) is 28.8 Å². The maximum Gasteiger partial charge on any atom is 0.309 e. The maximum atomic E-state index is 14.3. The Bertz CT molecular complexity index is 1320. The van der Waals surface area contributed by atoms with Crippen molar-refractivity contribution < 1.29 is 62.7 Å². The second-order valence-corrected chi connectivity index (χ2v) is 14.2. The molecular formula is C35H52O13. The number of hydrogen-bond donors (Lipinski definition) is 2. The predicted octanol–water partition coefficient (Wildman–Crippen LogP) is 3.17. The van der Waals surface area contributed by atoms with E-state index in [1.165, 1.54) is 19.9 Å². The molecule has 2 N–H and O–H groups in total. The molecule has 0 heterocycles. The average molecular weight is 681 g/mol. The highest BCUT2D eigenvalue weighted by Crippen LogP contribution is 2.51. The molecule has 2 aliphatic rings. The van der Waals surface area contributed by atoms with Gasteiger partial charge in [0.1, 0.15) is 23.4 Å². The van der Waals surface area contributed by atoms with E-state index in [0.717, 1.165) is 20.8 Å². The Kier molecular flexibility index (Phi) is 13.0. The van der Waals surface area contributed by atoms with Crippen LogP contribution < -0.4 is 0 Å². The van der Waals surface area contributed by atoms with Crippen LogP contribution in [0.1, 0.15) is 89.0 Å². The van der Waals surface area contributed by atoms with Crippen LogP contribution in [0.4, 0.5) is 0 Å². The largest absolute Gasteiger partial charge is 0.458 e. The minimum Gasteiger partial charge on any atom is -0.458 e. The van der Waals surface area contributed by atoms with E-state index in [4.69, 9.17) is 23.7 Å². The third-order valence-electron chi connectivity index (χ3n) is 9.12. The number of aliphatic hydroxyl groups is 2. The van der Waals surface area contributed by atoms with Crippen molar-refractivity contribution in [3.8, 4) is 0 Å². The number of ether oxygens (including phenoxy) is 5. The summed E-state index contributed by atoms with van der Waals surface area (Å²) in [7, 11) is 0. The van der Waals surface area contributed by atoms with Crippen molar-refractivity contribution in [2.24, 2.45) is 29.1 Å². The zero-order valence-electron chi connectivity index (χ0n) is 29.9. The van der Waals surface area contributed by atoms with Gasteiger partial charge in [-0.05, 0) is 13.3 Å². The van der Waals surface area contributed by atoms with Crippen molar-refractivity contribution in [2.45, 2.75) is 131 Å². The first-order chi connectivity index (χ1) is 21.9. The summed E-state index contributed by atoms with van der Waals surface area (Å²) in [6.07, 6.45) is -5.60. The number of hydrogen-bond acceptors (Lipinski definition) is 13.